The van der Waals surface area contributed by atoms with Crippen molar-refractivity contribution in [1.82, 2.24) is 10.2 Å². The molecule has 5 nitrogen and oxygen atoms in total. The lowest BCUT2D eigenvalue weighted by atomic mass is 9.92. The molecule has 0 aromatic carbocycles. The maximum atomic E-state index is 12.1. The number of amides is 2. The molecule has 5 heteroatoms. The predicted molar refractivity (Wildman–Crippen MR) is 62.1 cm³/mol. The van der Waals surface area contributed by atoms with Crippen LogP contribution in [0.4, 0.5) is 0 Å². The SMILES string of the molecule is CC(O)C1CCN(C(=O)[C@@H]2CCC(=O)N2)CC1. The van der Waals surface area contributed by atoms with Gasteiger partial charge in [-0.25, -0.2) is 0 Å². The number of hydrogen-bond donors (Lipinski definition) is 2. The predicted octanol–water partition coefficient (Wildman–Crippen LogP) is -0.116. The summed E-state index contributed by atoms with van der Waals surface area (Å²) in [4.78, 5) is 25.0. The largest absolute Gasteiger partial charge is 0.393 e. The third-order valence-electron chi connectivity index (χ3n) is 3.83. The number of rotatable bonds is 2. The molecule has 0 aromatic rings. The molecule has 2 rings (SSSR count). The summed E-state index contributed by atoms with van der Waals surface area (Å²) in [5.74, 6) is 0.319. The Morgan fingerprint density at radius 3 is 2.53 bits per heavy atom. The Bertz CT molecular complexity index is 309. The minimum atomic E-state index is -0.314. The van der Waals surface area contributed by atoms with E-state index in [-0.39, 0.29) is 24.0 Å². The lowest BCUT2D eigenvalue weighted by Gasteiger charge is -2.34. The fourth-order valence-corrected chi connectivity index (χ4v) is 2.62. The molecule has 2 aliphatic heterocycles. The van der Waals surface area contributed by atoms with Crippen LogP contribution in [-0.2, 0) is 9.59 Å². The van der Waals surface area contributed by atoms with Gasteiger partial charge in [-0.05, 0) is 32.1 Å². The molecular formula is C12H20N2O3. The summed E-state index contributed by atoms with van der Waals surface area (Å²) >= 11 is 0. The van der Waals surface area contributed by atoms with Crippen LogP contribution in [0.3, 0.4) is 0 Å². The molecule has 0 radical (unpaired) electrons. The number of hydrogen-bond acceptors (Lipinski definition) is 3. The monoisotopic (exact) mass is 240 g/mol. The Kier molecular flexibility index (Phi) is 3.66. The molecule has 0 aromatic heterocycles. The normalized spacial score (nSPS) is 28.0. The van der Waals surface area contributed by atoms with Crippen molar-refractivity contribution in [2.24, 2.45) is 5.92 Å². The smallest absolute Gasteiger partial charge is 0.245 e. The van der Waals surface area contributed by atoms with Gasteiger partial charge in [0.1, 0.15) is 6.04 Å². The van der Waals surface area contributed by atoms with Gasteiger partial charge < -0.3 is 15.3 Å². The van der Waals surface area contributed by atoms with Gasteiger partial charge in [0.05, 0.1) is 6.10 Å². The quantitative estimate of drug-likeness (QED) is 0.707. The van der Waals surface area contributed by atoms with Gasteiger partial charge in [-0.3, -0.25) is 9.59 Å². The number of aliphatic hydroxyl groups excluding tert-OH is 1. The Morgan fingerprint density at radius 1 is 1.41 bits per heavy atom. The lowest BCUT2D eigenvalue weighted by molar-refractivity contribution is -0.136. The van der Waals surface area contributed by atoms with Crippen LogP contribution < -0.4 is 5.32 Å². The van der Waals surface area contributed by atoms with Crippen LogP contribution in [0.1, 0.15) is 32.6 Å². The van der Waals surface area contributed by atoms with Gasteiger partial charge in [0.25, 0.3) is 0 Å². The molecule has 2 heterocycles. The van der Waals surface area contributed by atoms with Crippen molar-refractivity contribution in [3.63, 3.8) is 0 Å². The van der Waals surface area contributed by atoms with Crippen LogP contribution in [0.25, 0.3) is 0 Å². The average Bonchev–Trinajstić information content (AvgIpc) is 2.75. The number of nitrogens with zero attached hydrogens (tertiary/aromatic N) is 1. The second kappa shape index (κ2) is 5.04. The van der Waals surface area contributed by atoms with Crippen LogP contribution in [0, 0.1) is 5.92 Å². The zero-order valence-electron chi connectivity index (χ0n) is 10.2. The van der Waals surface area contributed by atoms with Gasteiger partial charge in [-0.2, -0.15) is 0 Å². The molecule has 17 heavy (non-hydrogen) atoms. The molecule has 0 spiro atoms. The maximum absolute atomic E-state index is 12.1. The second-order valence-corrected chi connectivity index (χ2v) is 5.06. The lowest BCUT2D eigenvalue weighted by Crippen LogP contribution is -2.48. The van der Waals surface area contributed by atoms with Crippen LogP contribution in [-0.4, -0.2) is 47.1 Å². The van der Waals surface area contributed by atoms with Crippen molar-refractivity contribution in [3.8, 4) is 0 Å². The molecule has 0 saturated carbocycles. The summed E-state index contributed by atoms with van der Waals surface area (Å²) in [6.07, 6.45) is 2.49. The first-order chi connectivity index (χ1) is 8.08. The molecule has 2 atom stereocenters. The molecule has 1 unspecified atom stereocenters. The van der Waals surface area contributed by atoms with E-state index in [2.05, 4.69) is 5.32 Å². The molecule has 2 amide bonds. The first-order valence-electron chi connectivity index (χ1n) is 6.34. The summed E-state index contributed by atoms with van der Waals surface area (Å²) in [5.41, 5.74) is 0. The molecule has 2 aliphatic rings. The van der Waals surface area contributed by atoms with E-state index in [1.807, 2.05) is 4.90 Å². The van der Waals surface area contributed by atoms with E-state index in [0.717, 1.165) is 12.8 Å². The van der Waals surface area contributed by atoms with Gasteiger partial charge in [-0.1, -0.05) is 0 Å². The highest BCUT2D eigenvalue weighted by atomic mass is 16.3. The molecule has 2 saturated heterocycles. The standard InChI is InChI=1S/C12H20N2O3/c1-8(15)9-4-6-14(7-5-9)12(17)10-2-3-11(16)13-10/h8-10,15H,2-7H2,1H3,(H,13,16)/t8?,10-/m0/s1. The highest BCUT2D eigenvalue weighted by Crippen LogP contribution is 2.22. The molecule has 0 bridgehead atoms. The minimum Gasteiger partial charge on any atom is -0.393 e. The Morgan fingerprint density at radius 2 is 2.06 bits per heavy atom. The van der Waals surface area contributed by atoms with E-state index < -0.39 is 0 Å². The molecule has 0 aliphatic carbocycles. The zero-order chi connectivity index (χ0) is 12.4. The number of piperidine rings is 1. The first-order valence-corrected chi connectivity index (χ1v) is 6.34. The van der Waals surface area contributed by atoms with Crippen molar-refractivity contribution < 1.29 is 14.7 Å². The van der Waals surface area contributed by atoms with Gasteiger partial charge in [0, 0.05) is 19.5 Å². The Labute approximate surface area is 101 Å². The van der Waals surface area contributed by atoms with Crippen LogP contribution >= 0.6 is 0 Å². The van der Waals surface area contributed by atoms with E-state index in [4.69, 9.17) is 0 Å². The van der Waals surface area contributed by atoms with Gasteiger partial charge in [-0.15, -0.1) is 0 Å². The van der Waals surface area contributed by atoms with Crippen LogP contribution in [0.2, 0.25) is 0 Å². The summed E-state index contributed by atoms with van der Waals surface area (Å²) in [6, 6.07) is -0.314. The Hall–Kier alpha value is -1.10. The summed E-state index contributed by atoms with van der Waals surface area (Å²) in [7, 11) is 0. The van der Waals surface area contributed by atoms with Crippen molar-refractivity contribution in [2.75, 3.05) is 13.1 Å². The highest BCUT2D eigenvalue weighted by molar-refractivity contribution is 5.90. The van der Waals surface area contributed by atoms with E-state index >= 15 is 0 Å². The number of nitrogens with one attached hydrogen (secondary N) is 1. The number of carbonyl (C=O) groups excluding carboxylic acids is 2. The third-order valence-corrected chi connectivity index (χ3v) is 3.83. The number of likely N-dealkylation sites (tertiary alicyclic amines) is 1. The maximum Gasteiger partial charge on any atom is 0.245 e. The van der Waals surface area contributed by atoms with Crippen molar-refractivity contribution >= 4 is 11.8 Å². The van der Waals surface area contributed by atoms with Crippen molar-refractivity contribution in [3.05, 3.63) is 0 Å². The van der Waals surface area contributed by atoms with E-state index in [0.29, 0.717) is 31.8 Å². The van der Waals surface area contributed by atoms with Crippen molar-refractivity contribution in [1.29, 1.82) is 0 Å². The van der Waals surface area contributed by atoms with E-state index in [1.165, 1.54) is 0 Å². The van der Waals surface area contributed by atoms with E-state index in [1.54, 1.807) is 6.92 Å². The number of aliphatic hydroxyl groups is 1. The van der Waals surface area contributed by atoms with Crippen molar-refractivity contribution in [2.45, 2.75) is 44.8 Å². The summed E-state index contributed by atoms with van der Waals surface area (Å²) < 4.78 is 0. The topological polar surface area (TPSA) is 69.6 Å². The van der Waals surface area contributed by atoms with Gasteiger partial charge in [0.2, 0.25) is 11.8 Å². The third kappa shape index (κ3) is 2.77. The van der Waals surface area contributed by atoms with Gasteiger partial charge in [0.15, 0.2) is 0 Å². The fraction of sp³-hybridized carbons (Fsp3) is 0.833. The Balaban J connectivity index is 1.84. The molecular weight excluding hydrogens is 220 g/mol. The molecule has 2 N–H and O–H groups in total. The minimum absolute atomic E-state index is 0.0257. The van der Waals surface area contributed by atoms with E-state index in [9.17, 15) is 14.7 Å². The highest BCUT2D eigenvalue weighted by Gasteiger charge is 2.33. The van der Waals surface area contributed by atoms with Gasteiger partial charge >= 0.3 is 0 Å². The summed E-state index contributed by atoms with van der Waals surface area (Å²) in [6.45, 7) is 3.20. The zero-order valence-corrected chi connectivity index (χ0v) is 10.2. The fourth-order valence-electron chi connectivity index (χ4n) is 2.62. The molecule has 96 valence electrons. The number of carbonyl (C=O) groups is 2. The van der Waals surface area contributed by atoms with Crippen LogP contribution in [0.5, 0.6) is 0 Å². The first kappa shape index (κ1) is 12.4. The summed E-state index contributed by atoms with van der Waals surface area (Å²) in [5, 5.41) is 12.2. The molecule has 2 fully saturated rings. The second-order valence-electron chi connectivity index (χ2n) is 5.06. The average molecular weight is 240 g/mol. The van der Waals surface area contributed by atoms with Crippen LogP contribution in [0.15, 0.2) is 0 Å².